The second-order valence-electron chi connectivity index (χ2n) is 4.04. The van der Waals surface area contributed by atoms with E-state index in [4.69, 9.17) is 16.9 Å². The SMILES string of the molecule is CNc1cc(C(=O)Nc2cccc(F)c2C#N)cc(Cl)n1. The third-order valence-electron chi connectivity index (χ3n) is 2.69. The normalized spacial score (nSPS) is 9.81. The van der Waals surface area contributed by atoms with Crippen LogP contribution in [0.15, 0.2) is 30.3 Å². The molecule has 1 aromatic carbocycles. The van der Waals surface area contributed by atoms with Gasteiger partial charge in [0.15, 0.2) is 0 Å². The average Bonchev–Trinajstić information content (AvgIpc) is 2.46. The smallest absolute Gasteiger partial charge is 0.255 e. The quantitative estimate of drug-likeness (QED) is 0.854. The van der Waals surface area contributed by atoms with Gasteiger partial charge in [-0.15, -0.1) is 0 Å². The highest BCUT2D eigenvalue weighted by molar-refractivity contribution is 6.30. The molecule has 0 atom stereocenters. The second kappa shape index (κ2) is 6.20. The maximum absolute atomic E-state index is 13.5. The Kier molecular flexibility index (Phi) is 4.36. The molecule has 0 aliphatic rings. The van der Waals surface area contributed by atoms with Gasteiger partial charge >= 0.3 is 0 Å². The standard InChI is InChI=1S/C14H10ClFN4O/c1-18-13-6-8(5-12(15)20-13)14(21)19-11-4-2-3-10(16)9(11)7-17/h2-6H,1H3,(H,18,20)(H,19,21). The fraction of sp³-hybridized carbons (Fsp3) is 0.0714. The Balaban J connectivity index is 2.33. The number of hydrogen-bond donors (Lipinski definition) is 2. The van der Waals surface area contributed by atoms with Crippen LogP contribution in [0.25, 0.3) is 0 Å². The van der Waals surface area contributed by atoms with Gasteiger partial charge < -0.3 is 10.6 Å². The Bertz CT molecular complexity index is 742. The molecule has 0 spiro atoms. The van der Waals surface area contributed by atoms with Crippen molar-refractivity contribution in [1.82, 2.24) is 4.98 Å². The van der Waals surface area contributed by atoms with Gasteiger partial charge in [-0.1, -0.05) is 17.7 Å². The first-order chi connectivity index (χ1) is 10.0. The topological polar surface area (TPSA) is 77.8 Å². The number of halogens is 2. The summed E-state index contributed by atoms with van der Waals surface area (Å²) in [6.07, 6.45) is 0. The molecule has 0 radical (unpaired) electrons. The lowest BCUT2D eigenvalue weighted by molar-refractivity contribution is 0.102. The van der Waals surface area contributed by atoms with Crippen molar-refractivity contribution in [2.75, 3.05) is 17.7 Å². The molecule has 2 aromatic rings. The predicted octanol–water partition coefficient (Wildman–Crippen LogP) is 3.04. The van der Waals surface area contributed by atoms with Gasteiger partial charge in [0.1, 0.15) is 28.4 Å². The van der Waals surface area contributed by atoms with Gasteiger partial charge in [0, 0.05) is 12.6 Å². The number of hydrogen-bond acceptors (Lipinski definition) is 4. The lowest BCUT2D eigenvalue weighted by Gasteiger charge is -2.09. The van der Waals surface area contributed by atoms with E-state index >= 15 is 0 Å². The van der Waals surface area contributed by atoms with Gasteiger partial charge in [0.05, 0.1) is 5.69 Å². The van der Waals surface area contributed by atoms with Gasteiger partial charge in [-0.2, -0.15) is 5.26 Å². The van der Waals surface area contributed by atoms with Crippen LogP contribution in [0.3, 0.4) is 0 Å². The zero-order valence-corrected chi connectivity index (χ0v) is 11.7. The fourth-order valence-corrected chi connectivity index (χ4v) is 1.90. The fourth-order valence-electron chi connectivity index (χ4n) is 1.69. The van der Waals surface area contributed by atoms with E-state index in [0.717, 1.165) is 6.07 Å². The Labute approximate surface area is 125 Å². The van der Waals surface area contributed by atoms with Crippen molar-refractivity contribution in [3.8, 4) is 6.07 Å². The van der Waals surface area contributed by atoms with Crippen LogP contribution in [0.1, 0.15) is 15.9 Å². The number of pyridine rings is 1. The molecule has 0 unspecified atom stereocenters. The van der Waals surface area contributed by atoms with E-state index in [0.29, 0.717) is 5.82 Å². The molecule has 0 fully saturated rings. The zero-order chi connectivity index (χ0) is 15.4. The van der Waals surface area contributed by atoms with Crippen LogP contribution in [0.4, 0.5) is 15.9 Å². The highest BCUT2D eigenvalue weighted by atomic mass is 35.5. The van der Waals surface area contributed by atoms with Crippen molar-refractivity contribution in [1.29, 1.82) is 5.26 Å². The van der Waals surface area contributed by atoms with E-state index in [1.165, 1.54) is 24.3 Å². The van der Waals surface area contributed by atoms with Crippen LogP contribution in [0, 0.1) is 17.1 Å². The van der Waals surface area contributed by atoms with E-state index in [9.17, 15) is 9.18 Å². The molecule has 0 saturated heterocycles. The lowest BCUT2D eigenvalue weighted by atomic mass is 10.1. The number of nitriles is 1. The summed E-state index contributed by atoms with van der Waals surface area (Å²) in [6.45, 7) is 0. The number of amides is 1. The molecule has 5 nitrogen and oxygen atoms in total. The van der Waals surface area contributed by atoms with Gasteiger partial charge in [-0.05, 0) is 24.3 Å². The Morgan fingerprint density at radius 2 is 2.19 bits per heavy atom. The molecule has 0 saturated carbocycles. The molecule has 2 rings (SSSR count). The summed E-state index contributed by atoms with van der Waals surface area (Å²) in [6, 6.07) is 8.59. The summed E-state index contributed by atoms with van der Waals surface area (Å²) in [5.74, 6) is -0.788. The van der Waals surface area contributed by atoms with Crippen LogP contribution in [-0.2, 0) is 0 Å². The van der Waals surface area contributed by atoms with Crippen molar-refractivity contribution >= 4 is 29.0 Å². The van der Waals surface area contributed by atoms with Crippen molar-refractivity contribution < 1.29 is 9.18 Å². The Morgan fingerprint density at radius 3 is 2.86 bits per heavy atom. The number of rotatable bonds is 3. The Morgan fingerprint density at radius 1 is 1.43 bits per heavy atom. The first-order valence-electron chi connectivity index (χ1n) is 5.90. The monoisotopic (exact) mass is 304 g/mol. The van der Waals surface area contributed by atoms with Crippen molar-refractivity contribution in [3.05, 3.63) is 52.4 Å². The molecule has 1 aromatic heterocycles. The number of carbonyl (C=O) groups excluding carboxylic acids is 1. The number of nitrogens with one attached hydrogen (secondary N) is 2. The van der Waals surface area contributed by atoms with Crippen molar-refractivity contribution in [3.63, 3.8) is 0 Å². The van der Waals surface area contributed by atoms with Crippen molar-refractivity contribution in [2.24, 2.45) is 0 Å². The zero-order valence-electron chi connectivity index (χ0n) is 10.9. The summed E-state index contributed by atoms with van der Waals surface area (Å²) in [7, 11) is 1.64. The third kappa shape index (κ3) is 3.27. The summed E-state index contributed by atoms with van der Waals surface area (Å²) >= 11 is 5.82. The Hall–Kier alpha value is -2.65. The maximum atomic E-state index is 13.5. The van der Waals surface area contributed by atoms with E-state index in [2.05, 4.69) is 15.6 Å². The number of aromatic nitrogens is 1. The van der Waals surface area contributed by atoms with E-state index in [-0.39, 0.29) is 22.0 Å². The number of carbonyl (C=O) groups is 1. The molecule has 2 N–H and O–H groups in total. The minimum absolute atomic E-state index is 0.0986. The van der Waals surface area contributed by atoms with E-state index in [1.807, 2.05) is 0 Å². The first kappa shape index (κ1) is 14.8. The molecular weight excluding hydrogens is 295 g/mol. The third-order valence-corrected chi connectivity index (χ3v) is 2.88. The molecule has 106 valence electrons. The number of benzene rings is 1. The van der Waals surface area contributed by atoms with Gasteiger partial charge in [0.25, 0.3) is 5.91 Å². The molecule has 0 aliphatic heterocycles. The molecule has 7 heteroatoms. The van der Waals surface area contributed by atoms with Crippen LogP contribution in [0.5, 0.6) is 0 Å². The van der Waals surface area contributed by atoms with Crippen LogP contribution >= 0.6 is 11.6 Å². The highest BCUT2D eigenvalue weighted by Gasteiger charge is 2.13. The number of nitrogens with zero attached hydrogens (tertiary/aromatic N) is 2. The van der Waals surface area contributed by atoms with E-state index in [1.54, 1.807) is 13.1 Å². The maximum Gasteiger partial charge on any atom is 0.255 e. The summed E-state index contributed by atoms with van der Waals surface area (Å²) in [5.41, 5.74) is 0.119. The minimum Gasteiger partial charge on any atom is -0.373 e. The summed E-state index contributed by atoms with van der Waals surface area (Å²) in [4.78, 5) is 16.1. The molecule has 1 heterocycles. The molecule has 1 amide bonds. The first-order valence-corrected chi connectivity index (χ1v) is 6.28. The van der Waals surface area contributed by atoms with Gasteiger partial charge in [-0.25, -0.2) is 9.37 Å². The summed E-state index contributed by atoms with van der Waals surface area (Å²) < 4.78 is 13.5. The molecule has 21 heavy (non-hydrogen) atoms. The van der Waals surface area contributed by atoms with Crippen LogP contribution < -0.4 is 10.6 Å². The molecular formula is C14H10ClFN4O. The van der Waals surface area contributed by atoms with Crippen molar-refractivity contribution in [2.45, 2.75) is 0 Å². The largest absolute Gasteiger partial charge is 0.373 e. The average molecular weight is 305 g/mol. The molecule has 0 bridgehead atoms. The van der Waals surface area contributed by atoms with E-state index < -0.39 is 11.7 Å². The summed E-state index contributed by atoms with van der Waals surface area (Å²) in [5, 5.41) is 14.3. The predicted molar refractivity (Wildman–Crippen MR) is 77.9 cm³/mol. The second-order valence-corrected chi connectivity index (χ2v) is 4.43. The van der Waals surface area contributed by atoms with Gasteiger partial charge in [-0.3, -0.25) is 4.79 Å². The van der Waals surface area contributed by atoms with Gasteiger partial charge in [0.2, 0.25) is 0 Å². The lowest BCUT2D eigenvalue weighted by Crippen LogP contribution is -2.14. The number of anilines is 2. The van der Waals surface area contributed by atoms with Crippen LogP contribution in [0.2, 0.25) is 5.15 Å². The molecule has 0 aliphatic carbocycles. The minimum atomic E-state index is -0.695. The highest BCUT2D eigenvalue weighted by Crippen LogP contribution is 2.20. The van der Waals surface area contributed by atoms with Crippen LogP contribution in [-0.4, -0.2) is 17.9 Å².